The molecule has 0 aliphatic heterocycles. The SMILES string of the molecule is CCN(C(=O)C(Cc1ccccc1)NC(=O)OC(C)(C)C)C(C(=O)Nc1c(C)cccc1Cl)c1ccccc1C. The summed E-state index contributed by atoms with van der Waals surface area (Å²) in [7, 11) is 0. The van der Waals surface area contributed by atoms with Crippen LogP contribution in [0.2, 0.25) is 5.02 Å². The molecular formula is C32H38ClN3O4. The zero-order chi connectivity index (χ0) is 29.4. The van der Waals surface area contributed by atoms with Crippen LogP contribution >= 0.6 is 11.6 Å². The number of nitrogens with zero attached hydrogens (tertiary/aromatic N) is 1. The van der Waals surface area contributed by atoms with E-state index in [1.165, 1.54) is 4.90 Å². The largest absolute Gasteiger partial charge is 0.444 e. The van der Waals surface area contributed by atoms with Crippen LogP contribution in [-0.2, 0) is 20.7 Å². The molecule has 0 saturated heterocycles. The van der Waals surface area contributed by atoms with E-state index in [1.807, 2.05) is 87.5 Å². The number of likely N-dealkylation sites (N-methyl/N-ethyl adjacent to an activating group) is 1. The number of nitrogens with one attached hydrogen (secondary N) is 2. The molecule has 0 heterocycles. The van der Waals surface area contributed by atoms with Gasteiger partial charge in [0.2, 0.25) is 5.91 Å². The number of amides is 3. The number of alkyl carbamates (subject to hydrolysis) is 1. The van der Waals surface area contributed by atoms with Gasteiger partial charge in [0.1, 0.15) is 17.7 Å². The lowest BCUT2D eigenvalue weighted by molar-refractivity contribution is -0.140. The molecule has 3 aromatic rings. The van der Waals surface area contributed by atoms with Crippen molar-refractivity contribution < 1.29 is 19.1 Å². The Morgan fingerprint density at radius 1 is 0.900 bits per heavy atom. The average Bonchev–Trinajstić information content (AvgIpc) is 2.88. The molecule has 0 fully saturated rings. The second-order valence-electron chi connectivity index (χ2n) is 10.7. The Morgan fingerprint density at radius 3 is 2.12 bits per heavy atom. The molecule has 3 amide bonds. The molecule has 2 unspecified atom stereocenters. The number of para-hydroxylation sites is 1. The molecule has 3 aromatic carbocycles. The van der Waals surface area contributed by atoms with Gasteiger partial charge in [-0.05, 0) is 69.9 Å². The van der Waals surface area contributed by atoms with Gasteiger partial charge in [-0.1, -0.05) is 78.3 Å². The van der Waals surface area contributed by atoms with Crippen LogP contribution in [0.1, 0.15) is 56.0 Å². The van der Waals surface area contributed by atoms with E-state index in [0.29, 0.717) is 16.3 Å². The Balaban J connectivity index is 2.03. The molecule has 0 saturated carbocycles. The van der Waals surface area contributed by atoms with Crippen molar-refractivity contribution in [3.63, 3.8) is 0 Å². The smallest absolute Gasteiger partial charge is 0.408 e. The molecule has 0 aliphatic carbocycles. The fourth-order valence-electron chi connectivity index (χ4n) is 4.49. The second kappa shape index (κ2) is 13.5. The summed E-state index contributed by atoms with van der Waals surface area (Å²) in [6, 6.07) is 20.3. The van der Waals surface area contributed by atoms with E-state index in [1.54, 1.807) is 26.8 Å². The molecular weight excluding hydrogens is 526 g/mol. The van der Waals surface area contributed by atoms with Crippen molar-refractivity contribution in [1.82, 2.24) is 10.2 Å². The lowest BCUT2D eigenvalue weighted by Gasteiger charge is -2.34. The number of halogens is 1. The first kappa shape index (κ1) is 30.7. The first-order valence-corrected chi connectivity index (χ1v) is 13.7. The predicted octanol–water partition coefficient (Wildman–Crippen LogP) is 6.62. The summed E-state index contributed by atoms with van der Waals surface area (Å²) in [6.45, 7) is 11.1. The number of carbonyl (C=O) groups excluding carboxylic acids is 3. The number of rotatable bonds is 9. The quantitative estimate of drug-likeness (QED) is 0.306. The molecule has 2 N–H and O–H groups in total. The summed E-state index contributed by atoms with van der Waals surface area (Å²) < 4.78 is 5.47. The molecule has 0 aliphatic rings. The van der Waals surface area contributed by atoms with Gasteiger partial charge >= 0.3 is 6.09 Å². The van der Waals surface area contributed by atoms with E-state index < -0.39 is 35.6 Å². The van der Waals surface area contributed by atoms with Gasteiger partial charge in [0.15, 0.2) is 0 Å². The maximum Gasteiger partial charge on any atom is 0.408 e. The highest BCUT2D eigenvalue weighted by molar-refractivity contribution is 6.34. The lowest BCUT2D eigenvalue weighted by atomic mass is 9.97. The molecule has 2 atom stereocenters. The van der Waals surface area contributed by atoms with Gasteiger partial charge < -0.3 is 20.3 Å². The van der Waals surface area contributed by atoms with Crippen LogP contribution in [0.25, 0.3) is 0 Å². The fourth-order valence-corrected chi connectivity index (χ4v) is 4.76. The zero-order valence-electron chi connectivity index (χ0n) is 24.0. The minimum atomic E-state index is -0.979. The Bertz CT molecular complexity index is 1320. The normalized spacial score (nSPS) is 12.7. The van der Waals surface area contributed by atoms with Crippen LogP contribution in [-0.4, -0.2) is 41.0 Å². The minimum Gasteiger partial charge on any atom is -0.444 e. The van der Waals surface area contributed by atoms with Crippen LogP contribution in [0.3, 0.4) is 0 Å². The first-order chi connectivity index (χ1) is 18.9. The maximum atomic E-state index is 14.2. The minimum absolute atomic E-state index is 0.216. The molecule has 40 heavy (non-hydrogen) atoms. The van der Waals surface area contributed by atoms with E-state index >= 15 is 0 Å². The van der Waals surface area contributed by atoms with Crippen LogP contribution in [0.5, 0.6) is 0 Å². The third kappa shape index (κ3) is 8.09. The van der Waals surface area contributed by atoms with Gasteiger partial charge in [0, 0.05) is 13.0 Å². The molecule has 212 valence electrons. The summed E-state index contributed by atoms with van der Waals surface area (Å²) in [5, 5.41) is 6.12. The number of anilines is 1. The van der Waals surface area contributed by atoms with Crippen LogP contribution in [0.15, 0.2) is 72.8 Å². The van der Waals surface area contributed by atoms with E-state index in [4.69, 9.17) is 16.3 Å². The molecule has 0 radical (unpaired) electrons. The highest BCUT2D eigenvalue weighted by Crippen LogP contribution is 2.30. The van der Waals surface area contributed by atoms with Crippen molar-refractivity contribution in [3.8, 4) is 0 Å². The maximum absolute atomic E-state index is 14.2. The monoisotopic (exact) mass is 563 g/mol. The molecule has 7 nitrogen and oxygen atoms in total. The number of ether oxygens (including phenoxy) is 1. The third-order valence-electron chi connectivity index (χ3n) is 6.41. The molecule has 8 heteroatoms. The molecule has 3 rings (SSSR count). The summed E-state index contributed by atoms with van der Waals surface area (Å²) in [6.07, 6.45) is -0.484. The van der Waals surface area contributed by atoms with Crippen molar-refractivity contribution >= 4 is 35.2 Å². The van der Waals surface area contributed by atoms with E-state index in [9.17, 15) is 14.4 Å². The van der Waals surface area contributed by atoms with Gasteiger partial charge in [0.05, 0.1) is 10.7 Å². The predicted molar refractivity (Wildman–Crippen MR) is 159 cm³/mol. The lowest BCUT2D eigenvalue weighted by Crippen LogP contribution is -2.53. The number of hydrogen-bond acceptors (Lipinski definition) is 4. The van der Waals surface area contributed by atoms with E-state index in [2.05, 4.69) is 10.6 Å². The number of aryl methyl sites for hydroxylation is 2. The summed E-state index contributed by atoms with van der Waals surface area (Å²) in [5.74, 6) is -0.812. The standard InChI is InChI=1S/C32H38ClN3O4/c1-7-36(30(38)26(20-23-16-9-8-10-17-23)34-31(39)40-32(4,5)6)28(24-18-12-11-14-21(24)2)29(37)35-27-22(3)15-13-19-25(27)33/h8-19,26,28H,7,20H2,1-6H3,(H,34,39)(H,35,37). The molecule has 0 aromatic heterocycles. The molecule has 0 spiro atoms. The van der Waals surface area contributed by atoms with Crippen molar-refractivity contribution in [1.29, 1.82) is 0 Å². The van der Waals surface area contributed by atoms with Gasteiger partial charge in [-0.3, -0.25) is 9.59 Å². The highest BCUT2D eigenvalue weighted by Gasteiger charge is 2.36. The van der Waals surface area contributed by atoms with Crippen molar-refractivity contribution in [2.24, 2.45) is 0 Å². The summed E-state index contributed by atoms with van der Waals surface area (Å²) >= 11 is 6.43. The van der Waals surface area contributed by atoms with Crippen molar-refractivity contribution in [2.75, 3.05) is 11.9 Å². The molecule has 0 bridgehead atoms. The van der Waals surface area contributed by atoms with Crippen molar-refractivity contribution in [3.05, 3.63) is 100 Å². The topological polar surface area (TPSA) is 87.7 Å². The number of benzene rings is 3. The van der Waals surface area contributed by atoms with Crippen LogP contribution in [0, 0.1) is 13.8 Å². The highest BCUT2D eigenvalue weighted by atomic mass is 35.5. The Labute approximate surface area is 241 Å². The Hall–Kier alpha value is -3.84. The first-order valence-electron chi connectivity index (χ1n) is 13.4. The van der Waals surface area contributed by atoms with Crippen molar-refractivity contribution in [2.45, 2.75) is 65.6 Å². The summed E-state index contributed by atoms with van der Waals surface area (Å²) in [4.78, 5) is 42.6. The number of carbonyl (C=O) groups is 3. The zero-order valence-corrected chi connectivity index (χ0v) is 24.7. The van der Waals surface area contributed by atoms with Gasteiger partial charge in [-0.2, -0.15) is 0 Å². The van der Waals surface area contributed by atoms with Gasteiger partial charge in [-0.25, -0.2) is 4.79 Å². The van der Waals surface area contributed by atoms with Gasteiger partial charge in [-0.15, -0.1) is 0 Å². The van der Waals surface area contributed by atoms with Crippen LogP contribution in [0.4, 0.5) is 10.5 Å². The van der Waals surface area contributed by atoms with E-state index in [0.717, 1.165) is 16.7 Å². The summed E-state index contributed by atoms with van der Waals surface area (Å²) in [5.41, 5.74) is 2.93. The average molecular weight is 564 g/mol. The Morgan fingerprint density at radius 2 is 1.52 bits per heavy atom. The fraction of sp³-hybridized carbons (Fsp3) is 0.344. The Kier molecular flexibility index (Phi) is 10.3. The third-order valence-corrected chi connectivity index (χ3v) is 6.72. The van der Waals surface area contributed by atoms with Gasteiger partial charge in [0.25, 0.3) is 5.91 Å². The van der Waals surface area contributed by atoms with Crippen LogP contribution < -0.4 is 10.6 Å². The van der Waals surface area contributed by atoms with E-state index in [-0.39, 0.29) is 13.0 Å². The number of hydrogen-bond donors (Lipinski definition) is 2. The second-order valence-corrected chi connectivity index (χ2v) is 11.1.